The molecule has 38 heavy (non-hydrogen) atoms. The number of anilines is 4. The van der Waals surface area contributed by atoms with Gasteiger partial charge in [-0.2, -0.15) is 18.2 Å². The Hall–Kier alpha value is -4.26. The number of benzene rings is 1. The highest BCUT2D eigenvalue weighted by molar-refractivity contribution is 5.67. The number of hydrogen-bond donors (Lipinski definition) is 1. The van der Waals surface area contributed by atoms with E-state index in [0.29, 0.717) is 49.1 Å². The van der Waals surface area contributed by atoms with Gasteiger partial charge in [0.1, 0.15) is 12.0 Å². The maximum atomic E-state index is 14.4. The lowest BCUT2D eigenvalue weighted by molar-refractivity contribution is -0.137. The highest BCUT2D eigenvalue weighted by Crippen LogP contribution is 2.35. The molecule has 13 heteroatoms. The second-order valence-electron chi connectivity index (χ2n) is 8.83. The van der Waals surface area contributed by atoms with Crippen molar-refractivity contribution < 1.29 is 22.3 Å². The molecule has 0 unspecified atom stereocenters. The fourth-order valence-electron chi connectivity index (χ4n) is 3.93. The Labute approximate surface area is 215 Å². The molecule has 0 spiro atoms. The van der Waals surface area contributed by atoms with E-state index in [1.807, 2.05) is 0 Å². The van der Waals surface area contributed by atoms with Gasteiger partial charge in [-0.15, -0.1) is 0 Å². The Balaban J connectivity index is 1.34. The SMILES string of the molecule is CN(C)c1cc(Nc2ccc(-c3cn(-c4ncc(F)c(N5CCOCC5)n4)cn3)nc2)cc(C(F)(F)F)c1. The normalized spacial score (nSPS) is 14.0. The Morgan fingerprint density at radius 3 is 2.42 bits per heavy atom. The second kappa shape index (κ2) is 10.2. The maximum absolute atomic E-state index is 14.4. The van der Waals surface area contributed by atoms with Gasteiger partial charge in [-0.3, -0.25) is 9.55 Å². The summed E-state index contributed by atoms with van der Waals surface area (Å²) >= 11 is 0. The lowest BCUT2D eigenvalue weighted by Crippen LogP contribution is -2.37. The minimum absolute atomic E-state index is 0.203. The summed E-state index contributed by atoms with van der Waals surface area (Å²) in [6.07, 6.45) is 1.34. The van der Waals surface area contributed by atoms with Crippen LogP contribution in [0.15, 0.2) is 55.2 Å². The third-order valence-corrected chi connectivity index (χ3v) is 5.91. The van der Waals surface area contributed by atoms with E-state index in [-0.39, 0.29) is 17.5 Å². The van der Waals surface area contributed by atoms with E-state index in [1.165, 1.54) is 12.5 Å². The predicted octanol–water partition coefficient (Wildman–Crippen LogP) is 4.53. The standard InChI is InChI=1S/C25H24F4N8O/c1-35(2)19-10-16(25(27,28)29)9-18(11-19)33-17-3-4-21(30-12-17)22-14-37(15-32-22)24-31-13-20(26)23(34-24)36-5-7-38-8-6-36/h3-4,9-15,33H,5-8H2,1-2H3. The number of imidazole rings is 1. The van der Waals surface area contributed by atoms with Crippen LogP contribution < -0.4 is 15.1 Å². The van der Waals surface area contributed by atoms with Crippen LogP contribution >= 0.6 is 0 Å². The van der Waals surface area contributed by atoms with Gasteiger partial charge in [0.15, 0.2) is 11.6 Å². The molecule has 1 saturated heterocycles. The monoisotopic (exact) mass is 528 g/mol. The summed E-state index contributed by atoms with van der Waals surface area (Å²) in [6, 6.07) is 7.16. The van der Waals surface area contributed by atoms with E-state index in [0.717, 1.165) is 18.3 Å². The zero-order valence-corrected chi connectivity index (χ0v) is 20.6. The van der Waals surface area contributed by atoms with Crippen LogP contribution in [0.2, 0.25) is 0 Å². The van der Waals surface area contributed by atoms with Gasteiger partial charge in [0, 0.05) is 44.8 Å². The zero-order chi connectivity index (χ0) is 26.9. The Morgan fingerprint density at radius 2 is 1.74 bits per heavy atom. The number of ether oxygens (including phenoxy) is 1. The van der Waals surface area contributed by atoms with Crippen LogP contribution in [0.4, 0.5) is 40.4 Å². The number of nitrogens with one attached hydrogen (secondary N) is 1. The van der Waals surface area contributed by atoms with Crippen LogP contribution in [0.5, 0.6) is 0 Å². The van der Waals surface area contributed by atoms with Crippen molar-refractivity contribution in [3.8, 4) is 17.3 Å². The molecule has 198 valence electrons. The van der Waals surface area contributed by atoms with E-state index in [4.69, 9.17) is 4.74 Å². The number of alkyl halides is 3. The van der Waals surface area contributed by atoms with Crippen molar-refractivity contribution in [2.45, 2.75) is 6.18 Å². The molecule has 0 amide bonds. The lowest BCUT2D eigenvalue weighted by Gasteiger charge is -2.28. The Kier molecular flexibility index (Phi) is 6.85. The van der Waals surface area contributed by atoms with Crippen LogP contribution in [0.3, 0.4) is 0 Å². The first-order chi connectivity index (χ1) is 18.2. The molecule has 5 rings (SSSR count). The number of aromatic nitrogens is 5. The van der Waals surface area contributed by atoms with Gasteiger partial charge in [0.2, 0.25) is 5.95 Å². The summed E-state index contributed by atoms with van der Waals surface area (Å²) in [5.41, 5.74) is 1.51. The summed E-state index contributed by atoms with van der Waals surface area (Å²) in [4.78, 5) is 20.6. The Morgan fingerprint density at radius 1 is 0.947 bits per heavy atom. The third-order valence-electron chi connectivity index (χ3n) is 5.91. The average molecular weight is 529 g/mol. The molecule has 1 aliphatic rings. The molecule has 1 fully saturated rings. The molecule has 9 nitrogen and oxygen atoms in total. The summed E-state index contributed by atoms with van der Waals surface area (Å²) in [5, 5.41) is 2.98. The molecular weight excluding hydrogens is 504 g/mol. The molecule has 1 aromatic carbocycles. The summed E-state index contributed by atoms with van der Waals surface area (Å²) < 4.78 is 61.3. The predicted molar refractivity (Wildman–Crippen MR) is 134 cm³/mol. The molecule has 0 bridgehead atoms. The van der Waals surface area contributed by atoms with E-state index in [1.54, 1.807) is 52.9 Å². The first kappa shape index (κ1) is 25.4. The lowest BCUT2D eigenvalue weighted by atomic mass is 10.1. The molecule has 0 atom stereocenters. The largest absolute Gasteiger partial charge is 0.416 e. The van der Waals surface area contributed by atoms with Gasteiger partial charge in [-0.1, -0.05) is 0 Å². The summed E-state index contributed by atoms with van der Waals surface area (Å²) in [7, 11) is 3.35. The topological polar surface area (TPSA) is 84.2 Å². The van der Waals surface area contributed by atoms with Crippen molar-refractivity contribution in [2.24, 2.45) is 0 Å². The number of nitrogens with zero attached hydrogens (tertiary/aromatic N) is 7. The molecule has 1 aliphatic heterocycles. The minimum Gasteiger partial charge on any atom is -0.378 e. The minimum atomic E-state index is -4.47. The van der Waals surface area contributed by atoms with Crippen LogP contribution in [0, 0.1) is 5.82 Å². The Bertz CT molecular complexity index is 1420. The molecule has 3 aromatic heterocycles. The quantitative estimate of drug-likeness (QED) is 0.366. The molecule has 0 aliphatic carbocycles. The van der Waals surface area contributed by atoms with Crippen molar-refractivity contribution in [1.82, 2.24) is 24.5 Å². The molecule has 0 radical (unpaired) electrons. The maximum Gasteiger partial charge on any atom is 0.416 e. The first-order valence-corrected chi connectivity index (χ1v) is 11.7. The van der Waals surface area contributed by atoms with Gasteiger partial charge in [-0.05, 0) is 30.3 Å². The van der Waals surface area contributed by atoms with Crippen molar-refractivity contribution in [2.75, 3.05) is 55.5 Å². The number of rotatable bonds is 6. The van der Waals surface area contributed by atoms with Gasteiger partial charge < -0.3 is 19.9 Å². The van der Waals surface area contributed by atoms with E-state index < -0.39 is 17.6 Å². The van der Waals surface area contributed by atoms with Gasteiger partial charge in [-0.25, -0.2) is 14.4 Å². The van der Waals surface area contributed by atoms with Crippen LogP contribution in [0.25, 0.3) is 17.3 Å². The fourth-order valence-corrected chi connectivity index (χ4v) is 3.93. The van der Waals surface area contributed by atoms with Crippen molar-refractivity contribution in [3.05, 3.63) is 66.6 Å². The highest BCUT2D eigenvalue weighted by atomic mass is 19.4. The van der Waals surface area contributed by atoms with Crippen LogP contribution in [0.1, 0.15) is 5.56 Å². The summed E-state index contributed by atoms with van der Waals surface area (Å²) in [6.45, 7) is 2.05. The second-order valence-corrected chi connectivity index (χ2v) is 8.83. The first-order valence-electron chi connectivity index (χ1n) is 11.7. The summed E-state index contributed by atoms with van der Waals surface area (Å²) in [5.74, 6) is -0.0560. The zero-order valence-electron chi connectivity index (χ0n) is 20.6. The highest BCUT2D eigenvalue weighted by Gasteiger charge is 2.31. The van der Waals surface area contributed by atoms with Crippen LogP contribution in [-0.2, 0) is 10.9 Å². The average Bonchev–Trinajstić information content (AvgIpc) is 3.39. The van der Waals surface area contributed by atoms with Gasteiger partial charge in [0.25, 0.3) is 0 Å². The number of hydrogen-bond acceptors (Lipinski definition) is 8. The molecule has 4 heterocycles. The van der Waals surface area contributed by atoms with E-state index >= 15 is 0 Å². The van der Waals surface area contributed by atoms with Gasteiger partial charge in [0.05, 0.1) is 42.6 Å². The van der Waals surface area contributed by atoms with E-state index in [9.17, 15) is 17.6 Å². The number of morpholine rings is 1. The molecule has 0 saturated carbocycles. The number of pyridine rings is 1. The van der Waals surface area contributed by atoms with Gasteiger partial charge >= 0.3 is 6.18 Å². The van der Waals surface area contributed by atoms with Crippen molar-refractivity contribution >= 4 is 22.9 Å². The third kappa shape index (κ3) is 5.52. The fraction of sp³-hybridized carbons (Fsp3) is 0.280. The number of halogens is 4. The van der Waals surface area contributed by atoms with Crippen molar-refractivity contribution in [1.29, 1.82) is 0 Å². The molecule has 1 N–H and O–H groups in total. The smallest absolute Gasteiger partial charge is 0.378 e. The van der Waals surface area contributed by atoms with E-state index in [2.05, 4.69) is 25.3 Å². The molecule has 4 aromatic rings. The molecular formula is C25H24F4N8O. The van der Waals surface area contributed by atoms with Crippen molar-refractivity contribution in [3.63, 3.8) is 0 Å². The van der Waals surface area contributed by atoms with Crippen LogP contribution in [-0.4, -0.2) is 64.9 Å².